The van der Waals surface area contributed by atoms with Gasteiger partial charge >= 0.3 is 5.97 Å². The van der Waals surface area contributed by atoms with Gasteiger partial charge in [-0.05, 0) is 29.7 Å². The number of methoxy groups -OCH3 is 1. The number of nitrogens with one attached hydrogen (secondary N) is 1. The lowest BCUT2D eigenvalue weighted by Crippen LogP contribution is -2.30. The van der Waals surface area contributed by atoms with Gasteiger partial charge in [0.1, 0.15) is 6.04 Å². The highest BCUT2D eigenvalue weighted by molar-refractivity contribution is 5.78. The predicted octanol–water partition coefficient (Wildman–Crippen LogP) is 3.57. The van der Waals surface area contributed by atoms with E-state index in [0.29, 0.717) is 0 Å². The Balaban J connectivity index is 2.21. The Morgan fingerprint density at radius 2 is 1.67 bits per heavy atom. The van der Waals surface area contributed by atoms with Gasteiger partial charge < -0.3 is 10.1 Å². The second kappa shape index (κ2) is 7.60. The zero-order chi connectivity index (χ0) is 15.1. The molecule has 0 spiro atoms. The van der Waals surface area contributed by atoms with Gasteiger partial charge in [0.2, 0.25) is 0 Å². The number of hydrogen-bond acceptors (Lipinski definition) is 3. The van der Waals surface area contributed by atoms with Gasteiger partial charge in [0.05, 0.1) is 7.11 Å². The maximum absolute atomic E-state index is 11.9. The Kier molecular flexibility index (Phi) is 5.52. The SMILES string of the molecule is CCCNC(C(=O)OC)c1ccc(-c2ccccc2)cc1. The number of carbonyl (C=O) groups is 1. The molecule has 0 amide bonds. The lowest BCUT2D eigenvalue weighted by atomic mass is 10.0. The number of rotatable bonds is 6. The molecule has 0 saturated carbocycles. The highest BCUT2D eigenvalue weighted by atomic mass is 16.5. The van der Waals surface area contributed by atoms with Crippen LogP contribution in [0.15, 0.2) is 54.6 Å². The fraction of sp³-hybridized carbons (Fsp3) is 0.278. The molecule has 2 aromatic carbocycles. The van der Waals surface area contributed by atoms with Gasteiger partial charge in [-0.3, -0.25) is 0 Å². The zero-order valence-electron chi connectivity index (χ0n) is 12.5. The van der Waals surface area contributed by atoms with Crippen LogP contribution in [0.5, 0.6) is 0 Å². The molecule has 2 rings (SSSR count). The quantitative estimate of drug-likeness (QED) is 0.824. The van der Waals surface area contributed by atoms with Crippen LogP contribution in [-0.4, -0.2) is 19.6 Å². The lowest BCUT2D eigenvalue weighted by molar-refractivity contribution is -0.143. The van der Waals surface area contributed by atoms with Gasteiger partial charge in [-0.25, -0.2) is 4.79 Å². The molecule has 110 valence electrons. The molecule has 0 heterocycles. The van der Waals surface area contributed by atoms with Gasteiger partial charge in [0.25, 0.3) is 0 Å². The molecule has 0 aliphatic heterocycles. The molecule has 1 unspecified atom stereocenters. The summed E-state index contributed by atoms with van der Waals surface area (Å²) in [5.74, 6) is -0.254. The lowest BCUT2D eigenvalue weighted by Gasteiger charge is -2.16. The summed E-state index contributed by atoms with van der Waals surface area (Å²) in [6.45, 7) is 2.85. The summed E-state index contributed by atoms with van der Waals surface area (Å²) < 4.78 is 4.88. The van der Waals surface area contributed by atoms with E-state index in [4.69, 9.17) is 4.74 Å². The van der Waals surface area contributed by atoms with Crippen LogP contribution in [0.2, 0.25) is 0 Å². The first-order chi connectivity index (χ1) is 10.3. The first-order valence-electron chi connectivity index (χ1n) is 7.23. The van der Waals surface area contributed by atoms with Gasteiger partial charge in [-0.15, -0.1) is 0 Å². The zero-order valence-corrected chi connectivity index (χ0v) is 12.5. The van der Waals surface area contributed by atoms with E-state index >= 15 is 0 Å². The highest BCUT2D eigenvalue weighted by Crippen LogP contribution is 2.22. The first-order valence-corrected chi connectivity index (χ1v) is 7.23. The van der Waals surface area contributed by atoms with Crippen LogP contribution in [0.4, 0.5) is 0 Å². The predicted molar refractivity (Wildman–Crippen MR) is 84.9 cm³/mol. The van der Waals surface area contributed by atoms with E-state index in [9.17, 15) is 4.79 Å². The normalized spacial score (nSPS) is 11.9. The molecule has 0 fully saturated rings. The third-order valence-electron chi connectivity index (χ3n) is 3.39. The molecular formula is C18H21NO2. The Hall–Kier alpha value is -2.13. The van der Waals surface area contributed by atoms with Crippen LogP contribution in [0.25, 0.3) is 11.1 Å². The standard InChI is InChI=1S/C18H21NO2/c1-3-13-19-17(18(20)21-2)16-11-9-15(10-12-16)14-7-5-4-6-8-14/h4-12,17,19H,3,13H2,1-2H3. The smallest absolute Gasteiger partial charge is 0.327 e. The Morgan fingerprint density at radius 1 is 1.05 bits per heavy atom. The summed E-state index contributed by atoms with van der Waals surface area (Å²) in [5, 5.41) is 3.22. The van der Waals surface area contributed by atoms with E-state index in [2.05, 4.69) is 24.4 Å². The van der Waals surface area contributed by atoms with Crippen molar-refractivity contribution in [3.8, 4) is 11.1 Å². The minimum Gasteiger partial charge on any atom is -0.468 e. The number of carbonyl (C=O) groups excluding carboxylic acids is 1. The van der Waals surface area contributed by atoms with E-state index in [1.807, 2.05) is 42.5 Å². The maximum Gasteiger partial charge on any atom is 0.327 e. The van der Waals surface area contributed by atoms with Crippen molar-refractivity contribution in [3.05, 3.63) is 60.2 Å². The fourth-order valence-corrected chi connectivity index (χ4v) is 2.24. The molecule has 21 heavy (non-hydrogen) atoms. The van der Waals surface area contributed by atoms with Gasteiger partial charge in [-0.1, -0.05) is 61.5 Å². The molecule has 0 aromatic heterocycles. The van der Waals surface area contributed by atoms with Crippen molar-refractivity contribution in [3.63, 3.8) is 0 Å². The van der Waals surface area contributed by atoms with Crippen molar-refractivity contribution >= 4 is 5.97 Å². The molecule has 0 bridgehead atoms. The fourth-order valence-electron chi connectivity index (χ4n) is 2.24. The van der Waals surface area contributed by atoms with Crippen LogP contribution >= 0.6 is 0 Å². The van der Waals surface area contributed by atoms with E-state index in [1.54, 1.807) is 0 Å². The third-order valence-corrected chi connectivity index (χ3v) is 3.39. The molecule has 0 radical (unpaired) electrons. The number of benzene rings is 2. The second-order valence-corrected chi connectivity index (χ2v) is 4.90. The van der Waals surface area contributed by atoms with Gasteiger partial charge in [0.15, 0.2) is 0 Å². The Bertz CT molecular complexity index is 564. The molecule has 1 atom stereocenters. The average Bonchev–Trinajstić information content (AvgIpc) is 2.56. The minimum absolute atomic E-state index is 0.254. The molecule has 3 heteroatoms. The molecule has 0 aliphatic rings. The van der Waals surface area contributed by atoms with E-state index in [-0.39, 0.29) is 5.97 Å². The summed E-state index contributed by atoms with van der Waals surface area (Å²) in [4.78, 5) is 11.9. The van der Waals surface area contributed by atoms with E-state index in [0.717, 1.165) is 24.1 Å². The monoisotopic (exact) mass is 283 g/mol. The van der Waals surface area contributed by atoms with Crippen molar-refractivity contribution in [2.45, 2.75) is 19.4 Å². The summed E-state index contributed by atoms with van der Waals surface area (Å²) in [5.41, 5.74) is 3.23. The van der Waals surface area contributed by atoms with Gasteiger partial charge in [-0.2, -0.15) is 0 Å². The van der Waals surface area contributed by atoms with Crippen molar-refractivity contribution < 1.29 is 9.53 Å². The van der Waals surface area contributed by atoms with Crippen LogP contribution in [0.1, 0.15) is 24.9 Å². The van der Waals surface area contributed by atoms with E-state index in [1.165, 1.54) is 12.7 Å². The van der Waals surface area contributed by atoms with Crippen LogP contribution in [0, 0.1) is 0 Å². The Morgan fingerprint density at radius 3 is 2.24 bits per heavy atom. The summed E-state index contributed by atoms with van der Waals surface area (Å²) >= 11 is 0. The van der Waals surface area contributed by atoms with Crippen molar-refractivity contribution in [1.82, 2.24) is 5.32 Å². The number of esters is 1. The molecule has 0 aliphatic carbocycles. The second-order valence-electron chi connectivity index (χ2n) is 4.90. The van der Waals surface area contributed by atoms with Crippen LogP contribution in [-0.2, 0) is 9.53 Å². The number of hydrogen-bond donors (Lipinski definition) is 1. The summed E-state index contributed by atoms with van der Waals surface area (Å²) in [7, 11) is 1.42. The summed E-state index contributed by atoms with van der Waals surface area (Å²) in [6, 6.07) is 17.8. The number of ether oxygens (including phenoxy) is 1. The molecule has 3 nitrogen and oxygen atoms in total. The van der Waals surface area contributed by atoms with Crippen LogP contribution in [0.3, 0.4) is 0 Å². The van der Waals surface area contributed by atoms with Gasteiger partial charge in [0, 0.05) is 0 Å². The molecule has 0 saturated heterocycles. The van der Waals surface area contributed by atoms with Crippen molar-refractivity contribution in [2.24, 2.45) is 0 Å². The largest absolute Gasteiger partial charge is 0.468 e. The summed E-state index contributed by atoms with van der Waals surface area (Å²) in [6.07, 6.45) is 0.968. The molecular weight excluding hydrogens is 262 g/mol. The first kappa shape index (κ1) is 15.3. The maximum atomic E-state index is 11.9. The minimum atomic E-state index is -0.403. The average molecular weight is 283 g/mol. The van der Waals surface area contributed by atoms with Crippen molar-refractivity contribution in [1.29, 1.82) is 0 Å². The highest BCUT2D eigenvalue weighted by Gasteiger charge is 2.20. The van der Waals surface area contributed by atoms with E-state index < -0.39 is 6.04 Å². The topological polar surface area (TPSA) is 38.3 Å². The third kappa shape index (κ3) is 3.92. The van der Waals surface area contributed by atoms with Crippen LogP contribution < -0.4 is 5.32 Å². The Labute approximate surface area is 126 Å². The molecule has 2 aromatic rings. The molecule has 1 N–H and O–H groups in total. The van der Waals surface area contributed by atoms with Crippen molar-refractivity contribution in [2.75, 3.05) is 13.7 Å².